The van der Waals surface area contributed by atoms with Gasteiger partial charge in [0.25, 0.3) is 0 Å². The molecule has 5 aromatic rings. The highest BCUT2D eigenvalue weighted by molar-refractivity contribution is 7.17. The summed E-state index contributed by atoms with van der Waals surface area (Å²) in [6.07, 6.45) is 2.48. The molecule has 1 N–H and O–H groups in total. The van der Waals surface area contributed by atoms with Gasteiger partial charge in [0.1, 0.15) is 5.82 Å². The van der Waals surface area contributed by atoms with Crippen molar-refractivity contribution in [3.63, 3.8) is 0 Å². The third-order valence-electron chi connectivity index (χ3n) is 5.90. The molecule has 0 bridgehead atoms. The summed E-state index contributed by atoms with van der Waals surface area (Å²) in [5.74, 6) is 0.729. The lowest BCUT2D eigenvalue weighted by Gasteiger charge is -2.35. The molecule has 0 spiro atoms. The minimum absolute atomic E-state index is 0.0449. The highest BCUT2D eigenvalue weighted by atomic mass is 32.1. The molecule has 1 aliphatic rings. The number of halogens is 1. The van der Waals surface area contributed by atoms with E-state index in [9.17, 15) is 9.50 Å². The van der Waals surface area contributed by atoms with Gasteiger partial charge in [0.15, 0.2) is 5.76 Å². The number of furan rings is 1. The number of rotatable bonds is 4. The van der Waals surface area contributed by atoms with E-state index in [0.29, 0.717) is 16.5 Å². The molecule has 0 aliphatic carbocycles. The molecule has 0 radical (unpaired) electrons. The lowest BCUT2D eigenvalue weighted by Crippen LogP contribution is -2.34. The van der Waals surface area contributed by atoms with Crippen LogP contribution in [0.25, 0.3) is 16.5 Å². The molecule has 1 unspecified atom stereocenters. The van der Waals surface area contributed by atoms with Crippen LogP contribution in [0.4, 0.5) is 4.39 Å². The van der Waals surface area contributed by atoms with Crippen LogP contribution >= 0.6 is 11.3 Å². The van der Waals surface area contributed by atoms with Gasteiger partial charge >= 0.3 is 0 Å². The van der Waals surface area contributed by atoms with Gasteiger partial charge in [0.05, 0.1) is 17.2 Å². The summed E-state index contributed by atoms with van der Waals surface area (Å²) in [7, 11) is 0. The van der Waals surface area contributed by atoms with Gasteiger partial charge in [-0.3, -0.25) is 4.90 Å². The van der Waals surface area contributed by atoms with Crippen LogP contribution < -0.4 is 0 Å². The molecule has 0 saturated heterocycles. The minimum atomic E-state index is -0.286. The zero-order valence-corrected chi connectivity index (χ0v) is 17.8. The Morgan fingerprint density at radius 2 is 1.84 bits per heavy atom. The van der Waals surface area contributed by atoms with Gasteiger partial charge in [-0.15, -0.1) is 5.10 Å². The van der Waals surface area contributed by atoms with Crippen LogP contribution in [-0.4, -0.2) is 31.1 Å². The highest BCUT2D eigenvalue weighted by Gasteiger charge is 2.32. The van der Waals surface area contributed by atoms with E-state index in [1.54, 1.807) is 30.5 Å². The van der Waals surface area contributed by atoms with Crippen molar-refractivity contribution in [2.45, 2.75) is 19.0 Å². The van der Waals surface area contributed by atoms with Crippen LogP contribution in [0.5, 0.6) is 5.88 Å². The Bertz CT molecular complexity index is 1390. The van der Waals surface area contributed by atoms with Crippen molar-refractivity contribution in [3.05, 3.63) is 94.3 Å². The second-order valence-corrected chi connectivity index (χ2v) is 8.85. The van der Waals surface area contributed by atoms with Crippen LogP contribution in [0.3, 0.4) is 0 Å². The Morgan fingerprint density at radius 3 is 2.59 bits per heavy atom. The van der Waals surface area contributed by atoms with Gasteiger partial charge in [-0.05, 0) is 47.4 Å². The molecular formula is C24H19FN4O2S. The summed E-state index contributed by atoms with van der Waals surface area (Å²) in [5, 5.41) is 15.6. The lowest BCUT2D eigenvalue weighted by atomic mass is 9.96. The SMILES string of the molecule is Oc1c(C(c2ccc(F)cc2)N2CCc3ccccc3C2)sc2nc(-c3ccco3)nn12. The Morgan fingerprint density at radius 1 is 1.03 bits per heavy atom. The molecular weight excluding hydrogens is 427 g/mol. The molecule has 2 aromatic carbocycles. The van der Waals surface area contributed by atoms with Crippen molar-refractivity contribution in [1.82, 2.24) is 19.5 Å². The maximum Gasteiger partial charge on any atom is 0.230 e. The average Bonchev–Trinajstić information content (AvgIpc) is 3.54. The lowest BCUT2D eigenvalue weighted by molar-refractivity contribution is 0.205. The van der Waals surface area contributed by atoms with Gasteiger partial charge in [-0.25, -0.2) is 4.39 Å². The van der Waals surface area contributed by atoms with Crippen molar-refractivity contribution >= 4 is 16.3 Å². The average molecular weight is 447 g/mol. The number of aromatic hydroxyl groups is 1. The number of hydrogen-bond donors (Lipinski definition) is 1. The number of nitrogens with zero attached hydrogens (tertiary/aromatic N) is 4. The summed E-state index contributed by atoms with van der Waals surface area (Å²) in [6, 6.07) is 18.2. The van der Waals surface area contributed by atoms with Crippen LogP contribution in [0.1, 0.15) is 27.6 Å². The van der Waals surface area contributed by atoms with E-state index in [4.69, 9.17) is 4.42 Å². The molecule has 8 heteroatoms. The fourth-order valence-electron chi connectivity index (χ4n) is 4.35. The van der Waals surface area contributed by atoms with Crippen LogP contribution in [0.15, 0.2) is 71.3 Å². The molecule has 6 nitrogen and oxygen atoms in total. The minimum Gasteiger partial charge on any atom is -0.492 e. The molecule has 0 amide bonds. The predicted molar refractivity (Wildman–Crippen MR) is 119 cm³/mol. The molecule has 160 valence electrons. The summed E-state index contributed by atoms with van der Waals surface area (Å²) >= 11 is 1.39. The van der Waals surface area contributed by atoms with Crippen LogP contribution in [0, 0.1) is 5.82 Å². The normalized spacial score (nSPS) is 15.2. The van der Waals surface area contributed by atoms with E-state index in [1.165, 1.54) is 39.1 Å². The van der Waals surface area contributed by atoms with Crippen molar-refractivity contribution in [1.29, 1.82) is 0 Å². The van der Waals surface area contributed by atoms with E-state index < -0.39 is 0 Å². The number of benzene rings is 2. The maximum atomic E-state index is 13.7. The molecule has 0 fully saturated rings. The molecule has 4 heterocycles. The third kappa shape index (κ3) is 3.19. The standard InChI is InChI=1S/C24H19FN4O2S/c25-18-9-7-16(8-10-18)20(28-12-11-15-4-1-2-5-17(15)14-28)21-23(30)29-24(32-21)26-22(27-29)19-6-3-13-31-19/h1-10,13,20,30H,11-12,14H2. The first kappa shape index (κ1) is 19.2. The Balaban J connectivity index is 1.44. The topological polar surface area (TPSA) is 66.8 Å². The molecule has 1 aliphatic heterocycles. The second-order valence-electron chi connectivity index (χ2n) is 7.84. The maximum absolute atomic E-state index is 13.7. The van der Waals surface area contributed by atoms with Crippen LogP contribution in [-0.2, 0) is 13.0 Å². The van der Waals surface area contributed by atoms with Gasteiger partial charge < -0.3 is 9.52 Å². The highest BCUT2D eigenvalue weighted by Crippen LogP contribution is 2.42. The first-order valence-corrected chi connectivity index (χ1v) is 11.2. The van der Waals surface area contributed by atoms with E-state index in [1.807, 2.05) is 6.07 Å². The Hall–Kier alpha value is -3.49. The molecule has 6 rings (SSSR count). The molecule has 0 saturated carbocycles. The largest absolute Gasteiger partial charge is 0.492 e. The van der Waals surface area contributed by atoms with E-state index in [0.717, 1.165) is 30.0 Å². The monoisotopic (exact) mass is 446 g/mol. The Labute approximate surface area is 187 Å². The van der Waals surface area contributed by atoms with E-state index in [2.05, 4.69) is 33.2 Å². The van der Waals surface area contributed by atoms with E-state index in [-0.39, 0.29) is 17.7 Å². The quantitative estimate of drug-likeness (QED) is 0.419. The van der Waals surface area contributed by atoms with Crippen molar-refractivity contribution in [2.75, 3.05) is 6.54 Å². The summed E-state index contributed by atoms with van der Waals surface area (Å²) in [6.45, 7) is 1.56. The summed E-state index contributed by atoms with van der Waals surface area (Å²) < 4.78 is 20.5. The second kappa shape index (κ2) is 7.58. The fraction of sp³-hybridized carbons (Fsp3) is 0.167. The van der Waals surface area contributed by atoms with Gasteiger partial charge in [-0.1, -0.05) is 47.7 Å². The molecule has 3 aromatic heterocycles. The Kier molecular flexibility index (Phi) is 4.55. The number of thiazole rings is 1. The summed E-state index contributed by atoms with van der Waals surface area (Å²) in [5.41, 5.74) is 3.53. The number of aromatic nitrogens is 3. The number of fused-ring (bicyclic) bond motifs is 2. The smallest absolute Gasteiger partial charge is 0.230 e. The predicted octanol–water partition coefficient (Wildman–Crippen LogP) is 5.04. The molecule has 1 atom stereocenters. The summed E-state index contributed by atoms with van der Waals surface area (Å²) in [4.78, 5) is 8.17. The first-order valence-electron chi connectivity index (χ1n) is 10.4. The van der Waals surface area contributed by atoms with Crippen molar-refractivity contribution < 1.29 is 13.9 Å². The molecule has 32 heavy (non-hydrogen) atoms. The van der Waals surface area contributed by atoms with E-state index >= 15 is 0 Å². The van der Waals surface area contributed by atoms with Gasteiger partial charge in [0, 0.05) is 13.1 Å². The van der Waals surface area contributed by atoms with Crippen LogP contribution in [0.2, 0.25) is 0 Å². The zero-order chi connectivity index (χ0) is 21.7. The van der Waals surface area contributed by atoms with Crippen molar-refractivity contribution in [2.24, 2.45) is 0 Å². The fourth-order valence-corrected chi connectivity index (χ4v) is 5.47. The first-order chi connectivity index (χ1) is 15.7. The van der Waals surface area contributed by atoms with Gasteiger partial charge in [-0.2, -0.15) is 9.50 Å². The van der Waals surface area contributed by atoms with Crippen molar-refractivity contribution in [3.8, 4) is 17.5 Å². The third-order valence-corrected chi connectivity index (χ3v) is 6.97. The zero-order valence-electron chi connectivity index (χ0n) is 17.0. The van der Waals surface area contributed by atoms with Gasteiger partial charge in [0.2, 0.25) is 16.7 Å². The number of hydrogen-bond acceptors (Lipinski definition) is 6.